The lowest BCUT2D eigenvalue weighted by molar-refractivity contribution is 0.00700. The summed E-state index contributed by atoms with van der Waals surface area (Å²) in [4.78, 5) is 0. The average Bonchev–Trinajstić information content (AvgIpc) is 2.46. The summed E-state index contributed by atoms with van der Waals surface area (Å²) in [6.45, 7) is 3.93. The van der Waals surface area contributed by atoms with Gasteiger partial charge in [-0.25, -0.2) is 0 Å². The van der Waals surface area contributed by atoms with Crippen LogP contribution in [0.5, 0.6) is 5.75 Å². The molecular formula is C15H23NO3. The molecule has 0 bridgehead atoms. The quantitative estimate of drug-likeness (QED) is 0.765. The van der Waals surface area contributed by atoms with Crippen LogP contribution in [0, 0.1) is 0 Å². The van der Waals surface area contributed by atoms with E-state index in [1.165, 1.54) is 5.56 Å². The molecule has 1 unspecified atom stereocenters. The average molecular weight is 265 g/mol. The molecule has 0 aliphatic carbocycles. The third kappa shape index (κ3) is 4.82. The van der Waals surface area contributed by atoms with Crippen LogP contribution >= 0.6 is 0 Å². The van der Waals surface area contributed by atoms with E-state index in [1.54, 1.807) is 7.11 Å². The maximum atomic E-state index is 6.05. The molecule has 1 fully saturated rings. The highest BCUT2D eigenvalue weighted by Gasteiger charge is 2.16. The van der Waals surface area contributed by atoms with E-state index in [4.69, 9.17) is 14.2 Å². The Labute approximate surface area is 115 Å². The minimum Gasteiger partial charge on any atom is -0.488 e. The molecule has 1 heterocycles. The summed E-state index contributed by atoms with van der Waals surface area (Å²) >= 11 is 0. The molecule has 0 saturated carbocycles. The van der Waals surface area contributed by atoms with Crippen molar-refractivity contribution in [3.05, 3.63) is 29.8 Å². The van der Waals surface area contributed by atoms with E-state index in [1.807, 2.05) is 18.2 Å². The molecule has 0 amide bonds. The number of benzene rings is 1. The molecule has 1 aliphatic rings. The first-order chi connectivity index (χ1) is 9.40. The van der Waals surface area contributed by atoms with Crippen LogP contribution in [-0.2, 0) is 16.0 Å². The van der Waals surface area contributed by atoms with E-state index in [0.29, 0.717) is 6.61 Å². The Morgan fingerprint density at radius 1 is 1.37 bits per heavy atom. The number of ether oxygens (including phenoxy) is 3. The second kappa shape index (κ2) is 8.15. The van der Waals surface area contributed by atoms with E-state index in [-0.39, 0.29) is 6.10 Å². The molecule has 19 heavy (non-hydrogen) atoms. The fraction of sp³-hybridized carbons (Fsp3) is 0.600. The summed E-state index contributed by atoms with van der Waals surface area (Å²) in [5.41, 5.74) is 1.18. The molecule has 4 heteroatoms. The summed E-state index contributed by atoms with van der Waals surface area (Å²) in [7, 11) is 1.71. The van der Waals surface area contributed by atoms with Crippen LogP contribution in [0.15, 0.2) is 24.3 Å². The van der Waals surface area contributed by atoms with Gasteiger partial charge in [-0.05, 0) is 18.9 Å². The number of methoxy groups -OCH3 is 1. The standard InChI is InChI=1S/C15H23NO3/c1-17-10-8-16-11-13-5-2-3-7-15(13)19-14-6-4-9-18-12-14/h2-3,5,7,14,16H,4,6,8-12H2,1H3. The lowest BCUT2D eigenvalue weighted by atomic mass is 10.1. The Balaban J connectivity index is 1.87. The van der Waals surface area contributed by atoms with Crippen LogP contribution in [0.25, 0.3) is 0 Å². The van der Waals surface area contributed by atoms with Gasteiger partial charge in [-0.3, -0.25) is 0 Å². The summed E-state index contributed by atoms with van der Waals surface area (Å²) < 4.78 is 16.5. The molecule has 0 aromatic heterocycles. The van der Waals surface area contributed by atoms with Gasteiger partial charge in [0, 0.05) is 32.4 Å². The van der Waals surface area contributed by atoms with Crippen molar-refractivity contribution in [3.8, 4) is 5.75 Å². The molecule has 1 aromatic carbocycles. The Morgan fingerprint density at radius 2 is 2.26 bits per heavy atom. The summed E-state index contributed by atoms with van der Waals surface area (Å²) in [5, 5.41) is 3.34. The van der Waals surface area contributed by atoms with Crippen molar-refractivity contribution in [2.24, 2.45) is 0 Å². The van der Waals surface area contributed by atoms with E-state index in [0.717, 1.165) is 44.9 Å². The fourth-order valence-electron chi connectivity index (χ4n) is 2.15. The molecule has 1 saturated heterocycles. The first-order valence-corrected chi connectivity index (χ1v) is 6.92. The van der Waals surface area contributed by atoms with E-state index in [2.05, 4.69) is 11.4 Å². The fourth-order valence-corrected chi connectivity index (χ4v) is 2.15. The van der Waals surface area contributed by atoms with Crippen LogP contribution in [0.3, 0.4) is 0 Å². The lowest BCUT2D eigenvalue weighted by Gasteiger charge is -2.24. The van der Waals surface area contributed by atoms with E-state index < -0.39 is 0 Å². The molecule has 0 spiro atoms. The topological polar surface area (TPSA) is 39.7 Å². The highest BCUT2D eigenvalue weighted by Crippen LogP contribution is 2.21. The first-order valence-electron chi connectivity index (χ1n) is 6.92. The van der Waals surface area contributed by atoms with Gasteiger partial charge in [-0.2, -0.15) is 0 Å². The predicted molar refractivity (Wildman–Crippen MR) is 74.5 cm³/mol. The van der Waals surface area contributed by atoms with Crippen LogP contribution in [0.2, 0.25) is 0 Å². The third-order valence-electron chi connectivity index (χ3n) is 3.18. The number of rotatable bonds is 7. The second-order valence-electron chi connectivity index (χ2n) is 4.73. The van der Waals surface area contributed by atoms with Gasteiger partial charge in [0.1, 0.15) is 11.9 Å². The normalized spacial score (nSPS) is 19.3. The SMILES string of the molecule is COCCNCc1ccccc1OC1CCCOC1. The number of hydrogen-bond acceptors (Lipinski definition) is 4. The van der Waals surface area contributed by atoms with Gasteiger partial charge in [-0.1, -0.05) is 18.2 Å². The van der Waals surface area contributed by atoms with Crippen molar-refractivity contribution in [1.29, 1.82) is 0 Å². The largest absolute Gasteiger partial charge is 0.488 e. The van der Waals surface area contributed by atoms with E-state index in [9.17, 15) is 0 Å². The van der Waals surface area contributed by atoms with E-state index >= 15 is 0 Å². The first kappa shape index (κ1) is 14.3. The summed E-state index contributed by atoms with van der Waals surface area (Å²) in [6, 6.07) is 8.18. The van der Waals surface area contributed by atoms with Crippen LogP contribution < -0.4 is 10.1 Å². The predicted octanol–water partition coefficient (Wildman–Crippen LogP) is 1.98. The second-order valence-corrected chi connectivity index (χ2v) is 4.73. The zero-order chi connectivity index (χ0) is 13.3. The summed E-state index contributed by atoms with van der Waals surface area (Å²) in [6.07, 6.45) is 2.35. The third-order valence-corrected chi connectivity index (χ3v) is 3.18. The van der Waals surface area contributed by atoms with Crippen molar-refractivity contribution in [3.63, 3.8) is 0 Å². The highest BCUT2D eigenvalue weighted by atomic mass is 16.5. The molecule has 0 radical (unpaired) electrons. The molecule has 1 N–H and O–H groups in total. The van der Waals surface area contributed by atoms with Gasteiger partial charge in [-0.15, -0.1) is 0 Å². The molecule has 1 aromatic rings. The number of para-hydroxylation sites is 1. The molecule has 1 aliphatic heterocycles. The molecule has 4 nitrogen and oxygen atoms in total. The molecule has 106 valence electrons. The Morgan fingerprint density at radius 3 is 3.05 bits per heavy atom. The van der Waals surface area contributed by atoms with Crippen molar-refractivity contribution in [2.45, 2.75) is 25.5 Å². The maximum absolute atomic E-state index is 6.05. The Bertz CT molecular complexity index is 364. The van der Waals surface area contributed by atoms with Gasteiger partial charge in [0.15, 0.2) is 0 Å². The monoisotopic (exact) mass is 265 g/mol. The molecule has 1 atom stereocenters. The van der Waals surface area contributed by atoms with Crippen LogP contribution in [-0.4, -0.2) is 39.6 Å². The van der Waals surface area contributed by atoms with Crippen molar-refractivity contribution in [1.82, 2.24) is 5.32 Å². The lowest BCUT2D eigenvalue weighted by Crippen LogP contribution is -2.28. The van der Waals surface area contributed by atoms with Crippen molar-refractivity contribution in [2.75, 3.05) is 33.5 Å². The smallest absolute Gasteiger partial charge is 0.124 e. The van der Waals surface area contributed by atoms with Crippen LogP contribution in [0.1, 0.15) is 18.4 Å². The molecular weight excluding hydrogens is 242 g/mol. The number of nitrogens with one attached hydrogen (secondary N) is 1. The zero-order valence-electron chi connectivity index (χ0n) is 11.6. The Kier molecular flexibility index (Phi) is 6.14. The van der Waals surface area contributed by atoms with Gasteiger partial charge >= 0.3 is 0 Å². The van der Waals surface area contributed by atoms with Gasteiger partial charge < -0.3 is 19.5 Å². The molecule has 2 rings (SSSR count). The zero-order valence-corrected chi connectivity index (χ0v) is 11.6. The minimum absolute atomic E-state index is 0.189. The van der Waals surface area contributed by atoms with Gasteiger partial charge in [0.25, 0.3) is 0 Å². The minimum atomic E-state index is 0.189. The van der Waals surface area contributed by atoms with Crippen LogP contribution in [0.4, 0.5) is 0 Å². The number of hydrogen-bond donors (Lipinski definition) is 1. The highest BCUT2D eigenvalue weighted by molar-refractivity contribution is 5.33. The van der Waals surface area contributed by atoms with Gasteiger partial charge in [0.05, 0.1) is 13.2 Å². The summed E-state index contributed by atoms with van der Waals surface area (Å²) in [5.74, 6) is 0.961. The Hall–Kier alpha value is -1.10. The van der Waals surface area contributed by atoms with Crippen molar-refractivity contribution < 1.29 is 14.2 Å². The van der Waals surface area contributed by atoms with Gasteiger partial charge in [0.2, 0.25) is 0 Å². The maximum Gasteiger partial charge on any atom is 0.124 e. The van der Waals surface area contributed by atoms with Crippen molar-refractivity contribution >= 4 is 0 Å².